The third-order valence-electron chi connectivity index (χ3n) is 3.10. The molecule has 17 heavy (non-hydrogen) atoms. The molecule has 0 aliphatic heterocycles. The predicted molar refractivity (Wildman–Crippen MR) is 68.9 cm³/mol. The van der Waals surface area contributed by atoms with Crippen LogP contribution in [0.25, 0.3) is 0 Å². The van der Waals surface area contributed by atoms with Crippen LogP contribution in [0.5, 0.6) is 0 Å². The second kappa shape index (κ2) is 6.42. The number of nitrogens with one attached hydrogen (secondary N) is 1. The van der Waals surface area contributed by atoms with Gasteiger partial charge in [-0.3, -0.25) is 9.48 Å². The van der Waals surface area contributed by atoms with Crippen LogP contribution in [0.4, 0.5) is 0 Å². The lowest BCUT2D eigenvalue weighted by molar-refractivity contribution is -0.120. The van der Waals surface area contributed by atoms with E-state index in [1.54, 1.807) is 0 Å². The highest BCUT2D eigenvalue weighted by Crippen LogP contribution is 2.12. The van der Waals surface area contributed by atoms with Crippen molar-refractivity contribution >= 4 is 5.91 Å². The zero-order chi connectivity index (χ0) is 12.8. The van der Waals surface area contributed by atoms with Crippen molar-refractivity contribution in [2.24, 2.45) is 7.05 Å². The molecule has 0 saturated carbocycles. The first-order chi connectivity index (χ1) is 8.06. The van der Waals surface area contributed by atoms with Crippen LogP contribution in [-0.2, 0) is 18.3 Å². The van der Waals surface area contributed by atoms with Crippen molar-refractivity contribution < 1.29 is 4.79 Å². The van der Waals surface area contributed by atoms with Gasteiger partial charge in [-0.05, 0) is 20.3 Å². The first-order valence-corrected chi connectivity index (χ1v) is 6.32. The second-order valence-electron chi connectivity index (χ2n) is 4.51. The summed E-state index contributed by atoms with van der Waals surface area (Å²) in [6, 6.07) is 0. The highest BCUT2D eigenvalue weighted by Gasteiger charge is 2.12. The summed E-state index contributed by atoms with van der Waals surface area (Å²) in [5.74, 6) is 0.0975. The number of hydrogen-bond donors (Lipinski definition) is 1. The Bertz CT molecular complexity index is 382. The third kappa shape index (κ3) is 3.88. The van der Waals surface area contributed by atoms with Crippen molar-refractivity contribution in [3.63, 3.8) is 0 Å². The van der Waals surface area contributed by atoms with E-state index in [0.717, 1.165) is 29.9 Å². The largest absolute Gasteiger partial charge is 0.356 e. The van der Waals surface area contributed by atoms with Gasteiger partial charge in [0.2, 0.25) is 5.91 Å². The van der Waals surface area contributed by atoms with Crippen LogP contribution < -0.4 is 5.32 Å². The van der Waals surface area contributed by atoms with Crippen molar-refractivity contribution in [3.05, 3.63) is 17.0 Å². The van der Waals surface area contributed by atoms with Crippen molar-refractivity contribution in [1.29, 1.82) is 0 Å². The molecule has 0 aromatic carbocycles. The molecule has 0 atom stereocenters. The zero-order valence-electron chi connectivity index (χ0n) is 11.3. The molecule has 0 spiro atoms. The topological polar surface area (TPSA) is 46.9 Å². The molecule has 0 unspecified atom stereocenters. The lowest BCUT2D eigenvalue weighted by Crippen LogP contribution is -2.26. The number of unbranched alkanes of at least 4 members (excludes halogenated alkanes) is 2. The highest BCUT2D eigenvalue weighted by atomic mass is 16.1. The standard InChI is InChI=1S/C13H23N3O/c1-5-6-7-8-14-13(17)9-12-10(2)15-16(4)11(12)3/h5-9H2,1-4H3,(H,14,17). The lowest BCUT2D eigenvalue weighted by atomic mass is 10.1. The van der Waals surface area contributed by atoms with Crippen LogP contribution in [-0.4, -0.2) is 22.2 Å². The van der Waals surface area contributed by atoms with Crippen LogP contribution in [0.2, 0.25) is 0 Å². The molecule has 0 radical (unpaired) electrons. The van der Waals surface area contributed by atoms with Crippen molar-refractivity contribution in [1.82, 2.24) is 15.1 Å². The Morgan fingerprint density at radius 1 is 1.35 bits per heavy atom. The molecule has 4 heteroatoms. The molecule has 4 nitrogen and oxygen atoms in total. The highest BCUT2D eigenvalue weighted by molar-refractivity contribution is 5.79. The molecule has 1 heterocycles. The number of hydrogen-bond acceptors (Lipinski definition) is 2. The molecule has 1 aromatic heterocycles. The van der Waals surface area contributed by atoms with Crippen LogP contribution >= 0.6 is 0 Å². The quantitative estimate of drug-likeness (QED) is 0.768. The van der Waals surface area contributed by atoms with E-state index in [1.807, 2.05) is 25.6 Å². The number of carbonyl (C=O) groups excluding carboxylic acids is 1. The molecule has 0 bridgehead atoms. The van der Waals surface area contributed by atoms with Gasteiger partial charge in [-0.15, -0.1) is 0 Å². The van der Waals surface area contributed by atoms with Gasteiger partial charge >= 0.3 is 0 Å². The van der Waals surface area contributed by atoms with Gasteiger partial charge < -0.3 is 5.32 Å². The number of carbonyl (C=O) groups is 1. The van der Waals surface area contributed by atoms with E-state index in [9.17, 15) is 4.79 Å². The number of aryl methyl sites for hydroxylation is 2. The van der Waals surface area contributed by atoms with Gasteiger partial charge in [0.05, 0.1) is 12.1 Å². The smallest absolute Gasteiger partial charge is 0.224 e. The summed E-state index contributed by atoms with van der Waals surface area (Å²) in [6.45, 7) is 6.89. The lowest BCUT2D eigenvalue weighted by Gasteiger charge is -2.05. The minimum absolute atomic E-state index is 0.0975. The Labute approximate surface area is 103 Å². The summed E-state index contributed by atoms with van der Waals surface area (Å²) in [5.41, 5.74) is 3.08. The molecule has 1 aromatic rings. The normalized spacial score (nSPS) is 10.6. The Balaban J connectivity index is 2.45. The fourth-order valence-corrected chi connectivity index (χ4v) is 1.90. The maximum absolute atomic E-state index is 11.7. The predicted octanol–water partition coefficient (Wildman–Crippen LogP) is 1.89. The fraction of sp³-hybridized carbons (Fsp3) is 0.692. The molecule has 1 N–H and O–H groups in total. The average Bonchev–Trinajstić information content (AvgIpc) is 2.52. The van der Waals surface area contributed by atoms with Crippen molar-refractivity contribution in [3.8, 4) is 0 Å². The van der Waals surface area contributed by atoms with Gasteiger partial charge in [-0.1, -0.05) is 19.8 Å². The molecule has 0 fully saturated rings. The Morgan fingerprint density at radius 2 is 2.06 bits per heavy atom. The Kier molecular flexibility index (Phi) is 5.19. The number of amides is 1. The fourth-order valence-electron chi connectivity index (χ4n) is 1.90. The summed E-state index contributed by atoms with van der Waals surface area (Å²) in [5, 5.41) is 7.26. The molecule has 1 rings (SSSR count). The maximum Gasteiger partial charge on any atom is 0.224 e. The number of rotatable bonds is 6. The van der Waals surface area contributed by atoms with E-state index >= 15 is 0 Å². The number of nitrogens with zero attached hydrogens (tertiary/aromatic N) is 2. The first kappa shape index (κ1) is 13.7. The first-order valence-electron chi connectivity index (χ1n) is 6.32. The Hall–Kier alpha value is -1.32. The second-order valence-corrected chi connectivity index (χ2v) is 4.51. The average molecular weight is 237 g/mol. The van der Waals surface area contributed by atoms with Crippen LogP contribution in [0, 0.1) is 13.8 Å². The molecule has 96 valence electrons. The summed E-state index contributed by atoms with van der Waals surface area (Å²) in [7, 11) is 1.91. The van der Waals surface area contributed by atoms with Crippen LogP contribution in [0.3, 0.4) is 0 Å². The SMILES string of the molecule is CCCCCNC(=O)Cc1c(C)nn(C)c1C. The summed E-state index contributed by atoms with van der Waals surface area (Å²) in [6.07, 6.45) is 3.85. The molecule has 1 amide bonds. The Morgan fingerprint density at radius 3 is 2.59 bits per heavy atom. The van der Waals surface area contributed by atoms with E-state index in [-0.39, 0.29) is 5.91 Å². The summed E-state index contributed by atoms with van der Waals surface area (Å²) < 4.78 is 1.83. The zero-order valence-corrected chi connectivity index (χ0v) is 11.3. The van der Waals surface area contributed by atoms with Gasteiger partial charge in [0, 0.05) is 24.8 Å². The third-order valence-corrected chi connectivity index (χ3v) is 3.10. The minimum atomic E-state index is 0.0975. The van der Waals surface area contributed by atoms with E-state index in [4.69, 9.17) is 0 Å². The minimum Gasteiger partial charge on any atom is -0.356 e. The molecule has 0 aliphatic rings. The molecule has 0 aliphatic carbocycles. The molecular formula is C13H23N3O. The van der Waals surface area contributed by atoms with Crippen molar-refractivity contribution in [2.75, 3.05) is 6.54 Å². The van der Waals surface area contributed by atoms with Crippen LogP contribution in [0.15, 0.2) is 0 Å². The summed E-state index contributed by atoms with van der Waals surface area (Å²) in [4.78, 5) is 11.7. The van der Waals surface area contributed by atoms with E-state index in [2.05, 4.69) is 17.3 Å². The van der Waals surface area contributed by atoms with Gasteiger partial charge in [0.15, 0.2) is 0 Å². The van der Waals surface area contributed by atoms with Crippen LogP contribution in [0.1, 0.15) is 43.1 Å². The van der Waals surface area contributed by atoms with E-state index in [1.165, 1.54) is 12.8 Å². The van der Waals surface area contributed by atoms with Gasteiger partial charge in [0.25, 0.3) is 0 Å². The van der Waals surface area contributed by atoms with E-state index in [0.29, 0.717) is 6.42 Å². The molecule has 0 saturated heterocycles. The van der Waals surface area contributed by atoms with Gasteiger partial charge in [-0.25, -0.2) is 0 Å². The van der Waals surface area contributed by atoms with Crippen molar-refractivity contribution in [2.45, 2.75) is 46.5 Å². The number of aromatic nitrogens is 2. The van der Waals surface area contributed by atoms with E-state index < -0.39 is 0 Å². The monoisotopic (exact) mass is 237 g/mol. The summed E-state index contributed by atoms with van der Waals surface area (Å²) >= 11 is 0. The maximum atomic E-state index is 11.7. The van der Waals surface area contributed by atoms with Gasteiger partial charge in [0.1, 0.15) is 0 Å². The van der Waals surface area contributed by atoms with Gasteiger partial charge in [-0.2, -0.15) is 5.10 Å². The molecular weight excluding hydrogens is 214 g/mol.